The first-order chi connectivity index (χ1) is 8.92. The molecule has 18 heavy (non-hydrogen) atoms. The second-order valence-electron chi connectivity index (χ2n) is 4.94. The number of nitrogens with zero attached hydrogens (tertiary/aromatic N) is 2. The van der Waals surface area contributed by atoms with Crippen molar-refractivity contribution in [3.05, 3.63) is 34.8 Å². The molecule has 0 aromatic carbocycles. The van der Waals surface area contributed by atoms with Crippen LogP contribution in [0.4, 0.5) is 5.69 Å². The van der Waals surface area contributed by atoms with Crippen molar-refractivity contribution < 1.29 is 0 Å². The fourth-order valence-corrected chi connectivity index (χ4v) is 3.19. The van der Waals surface area contributed by atoms with E-state index in [1.165, 1.54) is 37.8 Å². The van der Waals surface area contributed by atoms with Gasteiger partial charge < -0.3 is 5.32 Å². The molecule has 0 unspecified atom stereocenters. The lowest BCUT2D eigenvalue weighted by atomic mass is 9.96. The van der Waals surface area contributed by atoms with Crippen molar-refractivity contribution in [2.24, 2.45) is 0 Å². The van der Waals surface area contributed by atoms with E-state index in [0.29, 0.717) is 6.04 Å². The van der Waals surface area contributed by atoms with Crippen LogP contribution in [-0.2, 0) is 6.54 Å². The Bertz CT molecular complexity index is 469. The third-order valence-electron chi connectivity index (χ3n) is 3.61. The zero-order valence-electron chi connectivity index (χ0n) is 10.5. The van der Waals surface area contributed by atoms with E-state index in [0.717, 1.165) is 12.2 Å². The Balaban J connectivity index is 1.59. The van der Waals surface area contributed by atoms with E-state index in [9.17, 15) is 0 Å². The molecule has 0 radical (unpaired) electrons. The summed E-state index contributed by atoms with van der Waals surface area (Å²) in [7, 11) is 0. The van der Waals surface area contributed by atoms with Crippen LogP contribution < -0.4 is 5.32 Å². The second-order valence-corrected chi connectivity index (χ2v) is 5.72. The summed E-state index contributed by atoms with van der Waals surface area (Å²) in [6.45, 7) is 0.816. The molecular weight excluding hydrogens is 242 g/mol. The first kappa shape index (κ1) is 11.8. The first-order valence-electron chi connectivity index (χ1n) is 6.72. The maximum atomic E-state index is 4.69. The molecule has 3 nitrogen and oxygen atoms in total. The van der Waals surface area contributed by atoms with Gasteiger partial charge in [0, 0.05) is 17.3 Å². The second kappa shape index (κ2) is 5.57. The van der Waals surface area contributed by atoms with E-state index >= 15 is 0 Å². The summed E-state index contributed by atoms with van der Waals surface area (Å²) >= 11 is 1.71. The van der Waals surface area contributed by atoms with E-state index in [-0.39, 0.29) is 0 Å². The fourth-order valence-electron chi connectivity index (χ4n) is 2.58. The van der Waals surface area contributed by atoms with E-state index < -0.39 is 0 Å². The molecule has 1 N–H and O–H groups in total. The summed E-state index contributed by atoms with van der Waals surface area (Å²) in [4.78, 5) is 0. The molecule has 0 saturated heterocycles. The van der Waals surface area contributed by atoms with Gasteiger partial charge in [-0.05, 0) is 30.4 Å². The fraction of sp³-hybridized carbons (Fsp3) is 0.500. The van der Waals surface area contributed by atoms with Crippen LogP contribution in [0.1, 0.15) is 43.8 Å². The summed E-state index contributed by atoms with van der Waals surface area (Å²) in [5, 5.41) is 12.3. The molecule has 0 spiro atoms. The maximum Gasteiger partial charge on any atom is 0.0815 e. The van der Waals surface area contributed by atoms with Crippen molar-refractivity contribution in [1.82, 2.24) is 9.78 Å². The van der Waals surface area contributed by atoms with Crippen LogP contribution >= 0.6 is 11.3 Å². The molecule has 1 saturated carbocycles. The number of anilines is 1. The molecule has 2 aromatic rings. The molecule has 0 amide bonds. The monoisotopic (exact) mass is 261 g/mol. The third-order valence-corrected chi connectivity index (χ3v) is 4.29. The Kier molecular flexibility index (Phi) is 3.64. The number of aromatic nitrogens is 2. The minimum Gasteiger partial charge on any atom is -0.379 e. The van der Waals surface area contributed by atoms with E-state index in [1.807, 2.05) is 0 Å². The highest BCUT2D eigenvalue weighted by atomic mass is 32.1. The minimum atomic E-state index is 0.633. The summed E-state index contributed by atoms with van der Waals surface area (Å²) in [5.41, 5.74) is 2.32. The van der Waals surface area contributed by atoms with Crippen molar-refractivity contribution in [1.29, 1.82) is 0 Å². The van der Waals surface area contributed by atoms with Crippen molar-refractivity contribution in [2.75, 3.05) is 5.32 Å². The molecule has 3 rings (SSSR count). The van der Waals surface area contributed by atoms with Gasteiger partial charge in [0.2, 0.25) is 0 Å². The molecule has 4 heteroatoms. The molecule has 1 aliphatic carbocycles. The summed E-state index contributed by atoms with van der Waals surface area (Å²) in [5.74, 6) is 0. The van der Waals surface area contributed by atoms with Crippen molar-refractivity contribution >= 4 is 17.0 Å². The Morgan fingerprint density at radius 1 is 1.28 bits per heavy atom. The Morgan fingerprint density at radius 3 is 2.94 bits per heavy atom. The molecular formula is C14H19N3S. The number of hydrogen-bond donors (Lipinski definition) is 1. The number of rotatable bonds is 4. The molecule has 0 atom stereocenters. The topological polar surface area (TPSA) is 29.9 Å². The SMILES string of the molecule is c1cc(NCc2ccn(C3CCCCC3)n2)cs1. The van der Waals surface area contributed by atoms with Crippen molar-refractivity contribution in [3.63, 3.8) is 0 Å². The zero-order chi connectivity index (χ0) is 12.2. The number of hydrogen-bond acceptors (Lipinski definition) is 3. The van der Waals surface area contributed by atoms with Gasteiger partial charge in [-0.2, -0.15) is 16.4 Å². The van der Waals surface area contributed by atoms with Gasteiger partial charge in [0.25, 0.3) is 0 Å². The van der Waals surface area contributed by atoms with Gasteiger partial charge >= 0.3 is 0 Å². The highest BCUT2D eigenvalue weighted by molar-refractivity contribution is 7.08. The number of nitrogens with one attached hydrogen (secondary N) is 1. The number of thiophene rings is 1. The van der Waals surface area contributed by atoms with E-state index in [1.54, 1.807) is 11.3 Å². The predicted molar refractivity (Wildman–Crippen MR) is 76.0 cm³/mol. The van der Waals surface area contributed by atoms with Gasteiger partial charge in [-0.15, -0.1) is 0 Å². The van der Waals surface area contributed by atoms with Gasteiger partial charge in [-0.25, -0.2) is 0 Å². The predicted octanol–water partition coefficient (Wildman–Crippen LogP) is 4.06. The summed E-state index contributed by atoms with van der Waals surface area (Å²) < 4.78 is 2.17. The molecule has 1 aliphatic rings. The zero-order valence-corrected chi connectivity index (χ0v) is 11.3. The summed E-state index contributed by atoms with van der Waals surface area (Å²) in [6.07, 6.45) is 8.82. The highest BCUT2D eigenvalue weighted by Gasteiger charge is 2.15. The van der Waals surface area contributed by atoms with Gasteiger partial charge in [0.05, 0.1) is 18.3 Å². The van der Waals surface area contributed by atoms with Crippen LogP contribution in [-0.4, -0.2) is 9.78 Å². The van der Waals surface area contributed by atoms with E-state index in [2.05, 4.69) is 39.1 Å². The van der Waals surface area contributed by atoms with Gasteiger partial charge in [-0.1, -0.05) is 19.3 Å². The molecule has 1 fully saturated rings. The largest absolute Gasteiger partial charge is 0.379 e. The Hall–Kier alpha value is -1.29. The quantitative estimate of drug-likeness (QED) is 0.899. The van der Waals surface area contributed by atoms with Gasteiger partial charge in [-0.3, -0.25) is 4.68 Å². The molecule has 2 aromatic heterocycles. The Labute approximate surface area is 112 Å². The highest BCUT2D eigenvalue weighted by Crippen LogP contribution is 2.27. The Morgan fingerprint density at radius 2 is 2.17 bits per heavy atom. The average molecular weight is 261 g/mol. The minimum absolute atomic E-state index is 0.633. The van der Waals surface area contributed by atoms with Crippen LogP contribution in [0, 0.1) is 0 Å². The van der Waals surface area contributed by atoms with Crippen LogP contribution in [0.25, 0.3) is 0 Å². The van der Waals surface area contributed by atoms with Crippen LogP contribution in [0.15, 0.2) is 29.1 Å². The average Bonchev–Trinajstić information content (AvgIpc) is 3.09. The smallest absolute Gasteiger partial charge is 0.0815 e. The van der Waals surface area contributed by atoms with Crippen LogP contribution in [0.2, 0.25) is 0 Å². The maximum absolute atomic E-state index is 4.69. The lowest BCUT2D eigenvalue weighted by molar-refractivity contribution is 0.328. The van der Waals surface area contributed by atoms with Gasteiger partial charge in [0.1, 0.15) is 0 Å². The van der Waals surface area contributed by atoms with Crippen LogP contribution in [0.5, 0.6) is 0 Å². The third kappa shape index (κ3) is 2.75. The lowest BCUT2D eigenvalue weighted by Gasteiger charge is -2.21. The van der Waals surface area contributed by atoms with Crippen molar-refractivity contribution in [2.45, 2.75) is 44.7 Å². The van der Waals surface area contributed by atoms with E-state index in [4.69, 9.17) is 5.10 Å². The van der Waals surface area contributed by atoms with Crippen molar-refractivity contribution in [3.8, 4) is 0 Å². The molecule has 2 heterocycles. The molecule has 0 aliphatic heterocycles. The molecule has 0 bridgehead atoms. The van der Waals surface area contributed by atoms with Gasteiger partial charge in [0.15, 0.2) is 0 Å². The summed E-state index contributed by atoms with van der Waals surface area (Å²) in [6, 6.07) is 4.87. The normalized spacial score (nSPS) is 16.9. The lowest BCUT2D eigenvalue weighted by Crippen LogP contribution is -2.13. The molecule has 96 valence electrons. The first-order valence-corrected chi connectivity index (χ1v) is 7.66. The van der Waals surface area contributed by atoms with Crippen LogP contribution in [0.3, 0.4) is 0 Å². The standard InChI is InChI=1S/C14H19N3S/c1-2-4-14(5-3-1)17-8-6-12(16-17)10-15-13-7-9-18-11-13/h6-9,11,14-15H,1-5,10H2.